The molecule has 0 amide bonds. The Bertz CT molecular complexity index is 719. The third kappa shape index (κ3) is 2.28. The normalized spacial score (nSPS) is 10.4. The van der Waals surface area contributed by atoms with Gasteiger partial charge in [-0.3, -0.25) is 4.79 Å². The van der Waals surface area contributed by atoms with Gasteiger partial charge in [0.05, 0.1) is 11.3 Å². The van der Waals surface area contributed by atoms with E-state index in [2.05, 4.69) is 0 Å². The molecule has 0 atom stereocenters. The minimum absolute atomic E-state index is 0.0348. The molecule has 0 aliphatic rings. The van der Waals surface area contributed by atoms with Gasteiger partial charge in [0.1, 0.15) is 0 Å². The second kappa shape index (κ2) is 4.49. The summed E-state index contributed by atoms with van der Waals surface area (Å²) in [5.41, 5.74) is 6.26. The Morgan fingerprint density at radius 3 is 2.63 bits per heavy atom. The highest BCUT2D eigenvalue weighted by Gasteiger charge is 2.10. The van der Waals surface area contributed by atoms with Crippen LogP contribution in [0.15, 0.2) is 35.3 Å². The maximum atomic E-state index is 11.3. The first-order chi connectivity index (χ1) is 8.90. The second-order valence-corrected chi connectivity index (χ2v) is 4.10. The molecule has 2 aromatic rings. The second-order valence-electron chi connectivity index (χ2n) is 4.10. The van der Waals surface area contributed by atoms with E-state index in [1.807, 2.05) is 0 Å². The number of hydrogen-bond acceptors (Lipinski definition) is 4. The zero-order chi connectivity index (χ0) is 14.2. The topological polar surface area (TPSA) is 106 Å². The molecule has 0 radical (unpaired) electrons. The standard InChI is InChI=1S/C13H12N2O4/c1-7-12(17)11(16)2-3-15(7)10-5-8(13(18)19)4-9(14)6-10/h2-6,17H,14H2,1H3,(H,18,19). The molecule has 0 aliphatic heterocycles. The third-order valence-electron chi connectivity index (χ3n) is 2.78. The Kier molecular flexibility index (Phi) is 3.00. The molecule has 0 fully saturated rings. The van der Waals surface area contributed by atoms with Crippen LogP contribution in [0.4, 0.5) is 5.69 Å². The lowest BCUT2D eigenvalue weighted by Gasteiger charge is -2.13. The van der Waals surface area contributed by atoms with Gasteiger partial charge in [0.25, 0.3) is 0 Å². The summed E-state index contributed by atoms with van der Waals surface area (Å²) in [6.07, 6.45) is 1.46. The van der Waals surface area contributed by atoms with E-state index in [0.29, 0.717) is 11.4 Å². The number of aromatic nitrogens is 1. The van der Waals surface area contributed by atoms with Crippen LogP contribution in [0.3, 0.4) is 0 Å². The van der Waals surface area contributed by atoms with Gasteiger partial charge in [0.15, 0.2) is 5.75 Å². The minimum Gasteiger partial charge on any atom is -0.503 e. The van der Waals surface area contributed by atoms with Crippen molar-refractivity contribution in [2.24, 2.45) is 0 Å². The van der Waals surface area contributed by atoms with Crippen LogP contribution in [-0.4, -0.2) is 20.7 Å². The highest BCUT2D eigenvalue weighted by molar-refractivity contribution is 5.89. The minimum atomic E-state index is -1.10. The molecule has 0 saturated heterocycles. The molecule has 0 unspecified atom stereocenters. The predicted octanol–water partition coefficient (Wildman–Crippen LogP) is 1.13. The van der Waals surface area contributed by atoms with Crippen LogP contribution in [0.5, 0.6) is 5.75 Å². The monoisotopic (exact) mass is 260 g/mol. The number of carboxylic acid groups (broad SMARTS) is 1. The number of nitrogen functional groups attached to an aromatic ring is 1. The zero-order valence-corrected chi connectivity index (χ0v) is 10.1. The number of hydrogen-bond donors (Lipinski definition) is 3. The fourth-order valence-corrected chi connectivity index (χ4v) is 1.80. The lowest BCUT2D eigenvalue weighted by atomic mass is 10.1. The van der Waals surface area contributed by atoms with E-state index in [4.69, 9.17) is 10.8 Å². The first kappa shape index (κ1) is 12.7. The molecule has 19 heavy (non-hydrogen) atoms. The molecule has 2 rings (SSSR count). The average molecular weight is 260 g/mol. The predicted molar refractivity (Wildman–Crippen MR) is 69.8 cm³/mol. The Labute approximate surface area is 108 Å². The zero-order valence-electron chi connectivity index (χ0n) is 10.1. The summed E-state index contributed by atoms with van der Waals surface area (Å²) >= 11 is 0. The summed E-state index contributed by atoms with van der Waals surface area (Å²) in [4.78, 5) is 22.3. The van der Waals surface area contributed by atoms with Crippen LogP contribution >= 0.6 is 0 Å². The SMILES string of the molecule is Cc1c(O)c(=O)ccn1-c1cc(N)cc(C(=O)O)c1. The lowest BCUT2D eigenvalue weighted by molar-refractivity contribution is 0.0697. The molecule has 0 saturated carbocycles. The van der Waals surface area contributed by atoms with Gasteiger partial charge in [-0.1, -0.05) is 0 Å². The van der Waals surface area contributed by atoms with Crippen LogP contribution in [0.25, 0.3) is 5.69 Å². The van der Waals surface area contributed by atoms with Crippen LogP contribution < -0.4 is 11.2 Å². The summed E-state index contributed by atoms with van der Waals surface area (Å²) in [6, 6.07) is 5.51. The largest absolute Gasteiger partial charge is 0.503 e. The molecule has 0 bridgehead atoms. The number of anilines is 1. The maximum absolute atomic E-state index is 11.3. The fourth-order valence-electron chi connectivity index (χ4n) is 1.80. The molecule has 4 N–H and O–H groups in total. The number of aromatic carboxylic acids is 1. The number of nitrogens with zero attached hydrogens (tertiary/aromatic N) is 1. The van der Waals surface area contributed by atoms with Gasteiger partial charge in [-0.15, -0.1) is 0 Å². The number of carboxylic acids is 1. The molecule has 0 aliphatic carbocycles. The molecular formula is C13H12N2O4. The van der Waals surface area contributed by atoms with E-state index in [9.17, 15) is 14.7 Å². The van der Waals surface area contributed by atoms with Crippen molar-refractivity contribution in [2.75, 3.05) is 5.73 Å². The van der Waals surface area contributed by atoms with Gasteiger partial charge < -0.3 is 20.5 Å². The van der Waals surface area contributed by atoms with Crippen LogP contribution in [0.1, 0.15) is 16.1 Å². The molecule has 6 heteroatoms. The van der Waals surface area contributed by atoms with Crippen molar-refractivity contribution in [3.05, 3.63) is 51.9 Å². The summed E-state index contributed by atoms with van der Waals surface area (Å²) in [5, 5.41) is 18.6. The number of benzene rings is 1. The number of rotatable bonds is 2. The molecule has 98 valence electrons. The first-order valence-electron chi connectivity index (χ1n) is 5.45. The van der Waals surface area contributed by atoms with E-state index in [1.54, 1.807) is 13.0 Å². The van der Waals surface area contributed by atoms with Crippen molar-refractivity contribution in [1.82, 2.24) is 4.57 Å². The quantitative estimate of drug-likeness (QED) is 0.702. The fraction of sp³-hybridized carbons (Fsp3) is 0.0769. The lowest BCUT2D eigenvalue weighted by Crippen LogP contribution is -2.09. The van der Waals surface area contributed by atoms with Crippen molar-refractivity contribution in [3.8, 4) is 11.4 Å². The summed E-state index contributed by atoms with van der Waals surface area (Å²) < 4.78 is 1.50. The number of aromatic hydroxyl groups is 1. The van der Waals surface area contributed by atoms with Crippen LogP contribution in [-0.2, 0) is 0 Å². The van der Waals surface area contributed by atoms with Gasteiger partial charge in [0.2, 0.25) is 5.43 Å². The smallest absolute Gasteiger partial charge is 0.335 e. The summed E-state index contributed by atoms with van der Waals surface area (Å²) in [7, 11) is 0. The Morgan fingerprint density at radius 2 is 2.00 bits per heavy atom. The molecule has 1 aromatic carbocycles. The van der Waals surface area contributed by atoms with E-state index >= 15 is 0 Å². The van der Waals surface area contributed by atoms with Crippen molar-refractivity contribution in [1.29, 1.82) is 0 Å². The molecule has 0 spiro atoms. The Balaban J connectivity index is 2.69. The van der Waals surface area contributed by atoms with Gasteiger partial charge in [-0.05, 0) is 25.1 Å². The highest BCUT2D eigenvalue weighted by atomic mass is 16.4. The molecule has 1 heterocycles. The van der Waals surface area contributed by atoms with Gasteiger partial charge in [-0.2, -0.15) is 0 Å². The first-order valence-corrected chi connectivity index (χ1v) is 5.45. The van der Waals surface area contributed by atoms with Gasteiger partial charge in [0, 0.05) is 23.6 Å². The van der Waals surface area contributed by atoms with E-state index in [-0.39, 0.29) is 17.0 Å². The molecular weight excluding hydrogens is 248 g/mol. The highest BCUT2D eigenvalue weighted by Crippen LogP contribution is 2.20. The molecule has 6 nitrogen and oxygen atoms in total. The summed E-state index contributed by atoms with van der Waals surface area (Å²) in [5.74, 6) is -1.47. The Hall–Kier alpha value is -2.76. The average Bonchev–Trinajstić information content (AvgIpc) is 2.35. The van der Waals surface area contributed by atoms with E-state index < -0.39 is 11.4 Å². The van der Waals surface area contributed by atoms with Crippen LogP contribution in [0.2, 0.25) is 0 Å². The van der Waals surface area contributed by atoms with Crippen LogP contribution in [0, 0.1) is 6.92 Å². The van der Waals surface area contributed by atoms with Crippen molar-refractivity contribution >= 4 is 11.7 Å². The maximum Gasteiger partial charge on any atom is 0.335 e. The van der Waals surface area contributed by atoms with Crippen molar-refractivity contribution in [2.45, 2.75) is 6.92 Å². The number of nitrogens with two attached hydrogens (primary N) is 1. The Morgan fingerprint density at radius 1 is 1.32 bits per heavy atom. The number of carbonyl (C=O) groups is 1. The van der Waals surface area contributed by atoms with Crippen molar-refractivity contribution < 1.29 is 15.0 Å². The third-order valence-corrected chi connectivity index (χ3v) is 2.78. The molecule has 1 aromatic heterocycles. The van der Waals surface area contributed by atoms with E-state index in [0.717, 1.165) is 0 Å². The van der Waals surface area contributed by atoms with Gasteiger partial charge >= 0.3 is 5.97 Å². The van der Waals surface area contributed by atoms with E-state index in [1.165, 1.54) is 29.0 Å². The van der Waals surface area contributed by atoms with Gasteiger partial charge in [-0.25, -0.2) is 4.79 Å². The summed E-state index contributed by atoms with van der Waals surface area (Å²) in [6.45, 7) is 1.56. The number of pyridine rings is 1. The van der Waals surface area contributed by atoms with Crippen molar-refractivity contribution in [3.63, 3.8) is 0 Å².